The average molecular weight is 382 g/mol. The zero-order chi connectivity index (χ0) is 19.1. The standard InChI is InChI=1S/C20H22N4O2S/c1-14-13-27-19(22-14)15(2)23-20(25)24-17-3-5-18(6-4-17)26-12-9-16-7-10-21-11-8-16/h3-8,10-11,13,15H,9,12H2,1-2H3,(H2,23,24,25). The second-order valence-corrected chi connectivity index (χ2v) is 7.02. The Bertz CT molecular complexity index is 865. The van der Waals surface area contributed by atoms with Crippen LogP contribution >= 0.6 is 11.3 Å². The first-order valence-corrected chi connectivity index (χ1v) is 9.59. The fraction of sp³-hybridized carbons (Fsp3) is 0.250. The minimum Gasteiger partial charge on any atom is -0.493 e. The van der Waals surface area contributed by atoms with Crippen LogP contribution in [0.4, 0.5) is 10.5 Å². The number of pyridine rings is 1. The van der Waals surface area contributed by atoms with E-state index < -0.39 is 0 Å². The molecule has 0 aliphatic carbocycles. The molecule has 0 spiro atoms. The summed E-state index contributed by atoms with van der Waals surface area (Å²) in [6.45, 7) is 4.44. The van der Waals surface area contributed by atoms with Gasteiger partial charge >= 0.3 is 6.03 Å². The van der Waals surface area contributed by atoms with Crippen LogP contribution in [0.15, 0.2) is 54.2 Å². The summed E-state index contributed by atoms with van der Waals surface area (Å²) in [5.41, 5.74) is 2.85. The Labute approximate surface area is 162 Å². The van der Waals surface area contributed by atoms with Crippen LogP contribution in [-0.2, 0) is 6.42 Å². The van der Waals surface area contributed by atoms with Gasteiger partial charge in [-0.25, -0.2) is 9.78 Å². The first-order chi connectivity index (χ1) is 13.1. The van der Waals surface area contributed by atoms with E-state index in [9.17, 15) is 4.79 Å². The lowest BCUT2D eigenvalue weighted by Crippen LogP contribution is -2.31. The van der Waals surface area contributed by atoms with Gasteiger partial charge in [0, 0.05) is 35.6 Å². The molecular formula is C20H22N4O2S. The van der Waals surface area contributed by atoms with Crippen LogP contribution in [0.25, 0.3) is 0 Å². The number of aryl methyl sites for hydroxylation is 1. The molecule has 2 N–H and O–H groups in total. The second kappa shape index (κ2) is 9.14. The zero-order valence-electron chi connectivity index (χ0n) is 15.3. The van der Waals surface area contributed by atoms with Gasteiger partial charge in [-0.15, -0.1) is 11.3 Å². The number of anilines is 1. The van der Waals surface area contributed by atoms with Crippen LogP contribution < -0.4 is 15.4 Å². The van der Waals surface area contributed by atoms with Crippen LogP contribution in [0.3, 0.4) is 0 Å². The van der Waals surface area contributed by atoms with E-state index in [-0.39, 0.29) is 12.1 Å². The van der Waals surface area contributed by atoms with Crippen LogP contribution in [0.1, 0.15) is 29.2 Å². The van der Waals surface area contributed by atoms with Gasteiger partial charge in [0.05, 0.1) is 12.6 Å². The number of carbonyl (C=O) groups excluding carboxylic acids is 1. The van der Waals surface area contributed by atoms with E-state index in [0.717, 1.165) is 22.9 Å². The molecule has 27 heavy (non-hydrogen) atoms. The maximum atomic E-state index is 12.1. The van der Waals surface area contributed by atoms with Gasteiger partial charge in [-0.3, -0.25) is 4.98 Å². The van der Waals surface area contributed by atoms with E-state index in [1.165, 1.54) is 5.56 Å². The molecule has 0 fully saturated rings. The quantitative estimate of drug-likeness (QED) is 0.637. The second-order valence-electron chi connectivity index (χ2n) is 6.13. The third-order valence-corrected chi connectivity index (χ3v) is 5.02. The summed E-state index contributed by atoms with van der Waals surface area (Å²) in [5, 5.41) is 8.57. The fourth-order valence-corrected chi connectivity index (χ4v) is 3.27. The van der Waals surface area contributed by atoms with Crippen molar-refractivity contribution in [1.29, 1.82) is 0 Å². The predicted molar refractivity (Wildman–Crippen MR) is 107 cm³/mol. The van der Waals surface area contributed by atoms with Gasteiger partial charge in [0.25, 0.3) is 0 Å². The molecule has 6 nitrogen and oxygen atoms in total. The summed E-state index contributed by atoms with van der Waals surface area (Å²) in [6, 6.07) is 10.9. The minimum atomic E-state index is -0.262. The number of ether oxygens (including phenoxy) is 1. The first-order valence-electron chi connectivity index (χ1n) is 8.71. The summed E-state index contributed by atoms with van der Waals surface area (Å²) in [5.74, 6) is 0.765. The van der Waals surface area contributed by atoms with Crippen molar-refractivity contribution in [2.75, 3.05) is 11.9 Å². The Hall–Kier alpha value is -2.93. The first kappa shape index (κ1) is 18.8. The summed E-state index contributed by atoms with van der Waals surface area (Å²) in [7, 11) is 0. The number of aromatic nitrogens is 2. The molecule has 3 aromatic rings. The smallest absolute Gasteiger partial charge is 0.319 e. The summed E-state index contributed by atoms with van der Waals surface area (Å²) in [4.78, 5) is 20.5. The Morgan fingerprint density at radius 1 is 1.19 bits per heavy atom. The molecule has 140 valence electrons. The van der Waals surface area contributed by atoms with Crippen LogP contribution in [0.2, 0.25) is 0 Å². The maximum Gasteiger partial charge on any atom is 0.319 e. The Balaban J connectivity index is 1.44. The van der Waals surface area contributed by atoms with E-state index >= 15 is 0 Å². The third-order valence-electron chi connectivity index (χ3n) is 3.88. The predicted octanol–water partition coefficient (Wildman–Crippen LogP) is 4.35. The van der Waals surface area contributed by atoms with E-state index in [2.05, 4.69) is 20.6 Å². The number of benzene rings is 1. The molecule has 1 unspecified atom stereocenters. The molecule has 2 heterocycles. The Morgan fingerprint density at radius 3 is 2.59 bits per heavy atom. The zero-order valence-corrected chi connectivity index (χ0v) is 16.1. The van der Waals surface area contributed by atoms with Crippen molar-refractivity contribution in [3.05, 3.63) is 70.4 Å². The van der Waals surface area contributed by atoms with Crippen molar-refractivity contribution in [2.45, 2.75) is 26.3 Å². The highest BCUT2D eigenvalue weighted by atomic mass is 32.1. The number of nitrogens with one attached hydrogen (secondary N) is 2. The average Bonchev–Trinajstić information content (AvgIpc) is 3.10. The lowest BCUT2D eigenvalue weighted by Gasteiger charge is -2.13. The van der Waals surface area contributed by atoms with Gasteiger partial charge in [-0.2, -0.15) is 0 Å². The molecule has 2 amide bonds. The highest BCUT2D eigenvalue weighted by Crippen LogP contribution is 2.19. The van der Waals surface area contributed by atoms with Gasteiger partial charge in [-0.1, -0.05) is 0 Å². The van der Waals surface area contributed by atoms with Crippen molar-refractivity contribution < 1.29 is 9.53 Å². The van der Waals surface area contributed by atoms with Gasteiger partial charge in [0.1, 0.15) is 10.8 Å². The molecule has 0 bridgehead atoms. The van der Waals surface area contributed by atoms with Crippen molar-refractivity contribution >= 4 is 23.1 Å². The van der Waals surface area contributed by atoms with Crippen molar-refractivity contribution in [3.8, 4) is 5.75 Å². The molecule has 0 saturated carbocycles. The minimum absolute atomic E-state index is 0.139. The normalized spacial score (nSPS) is 11.6. The number of urea groups is 1. The van der Waals surface area contributed by atoms with E-state index in [0.29, 0.717) is 12.3 Å². The van der Waals surface area contributed by atoms with Gasteiger partial charge < -0.3 is 15.4 Å². The van der Waals surface area contributed by atoms with E-state index in [4.69, 9.17) is 4.74 Å². The number of carbonyl (C=O) groups is 1. The molecule has 0 aliphatic rings. The van der Waals surface area contributed by atoms with Crippen LogP contribution in [0.5, 0.6) is 5.75 Å². The van der Waals surface area contributed by atoms with Crippen molar-refractivity contribution in [3.63, 3.8) is 0 Å². The van der Waals surface area contributed by atoms with Crippen LogP contribution in [0, 0.1) is 6.92 Å². The van der Waals surface area contributed by atoms with E-state index in [1.54, 1.807) is 23.7 Å². The number of rotatable bonds is 7. The van der Waals surface area contributed by atoms with E-state index in [1.807, 2.05) is 55.6 Å². The molecule has 2 aromatic heterocycles. The summed E-state index contributed by atoms with van der Waals surface area (Å²) in [6.07, 6.45) is 4.37. The summed E-state index contributed by atoms with van der Waals surface area (Å²) >= 11 is 1.54. The SMILES string of the molecule is Cc1csc(C(C)NC(=O)Nc2ccc(OCCc3ccncc3)cc2)n1. The topological polar surface area (TPSA) is 76.1 Å². The maximum absolute atomic E-state index is 12.1. The summed E-state index contributed by atoms with van der Waals surface area (Å²) < 4.78 is 5.74. The largest absolute Gasteiger partial charge is 0.493 e. The molecule has 0 radical (unpaired) electrons. The lowest BCUT2D eigenvalue weighted by atomic mass is 10.2. The molecule has 1 aromatic carbocycles. The fourth-order valence-electron chi connectivity index (χ4n) is 2.47. The number of hydrogen-bond donors (Lipinski definition) is 2. The number of nitrogens with zero attached hydrogens (tertiary/aromatic N) is 2. The molecule has 1 atom stereocenters. The lowest BCUT2D eigenvalue weighted by molar-refractivity contribution is 0.249. The Morgan fingerprint density at radius 2 is 1.93 bits per heavy atom. The third kappa shape index (κ3) is 5.79. The van der Waals surface area contributed by atoms with Gasteiger partial charge in [0.2, 0.25) is 0 Å². The molecule has 0 aliphatic heterocycles. The van der Waals surface area contributed by atoms with Crippen molar-refractivity contribution in [1.82, 2.24) is 15.3 Å². The molecule has 3 rings (SSSR count). The number of hydrogen-bond acceptors (Lipinski definition) is 5. The van der Waals surface area contributed by atoms with Crippen LogP contribution in [-0.4, -0.2) is 22.6 Å². The molecule has 7 heteroatoms. The molecular weight excluding hydrogens is 360 g/mol. The van der Waals surface area contributed by atoms with Crippen molar-refractivity contribution in [2.24, 2.45) is 0 Å². The monoisotopic (exact) mass is 382 g/mol. The highest BCUT2D eigenvalue weighted by Gasteiger charge is 2.12. The Kier molecular flexibility index (Phi) is 6.38. The van der Waals surface area contributed by atoms with Gasteiger partial charge in [-0.05, 0) is 55.8 Å². The highest BCUT2D eigenvalue weighted by molar-refractivity contribution is 7.09. The number of thiazole rings is 1. The van der Waals surface area contributed by atoms with Gasteiger partial charge in [0.15, 0.2) is 0 Å². The number of amides is 2. The molecule has 0 saturated heterocycles.